The number of hydrogen-bond acceptors (Lipinski definition) is 2. The summed E-state index contributed by atoms with van der Waals surface area (Å²) in [7, 11) is 0. The molecule has 0 aliphatic heterocycles. The van der Waals surface area contributed by atoms with Crippen molar-refractivity contribution < 1.29 is 4.79 Å². The predicted octanol–water partition coefficient (Wildman–Crippen LogP) is 1.22. The van der Waals surface area contributed by atoms with Crippen LogP contribution < -0.4 is 5.32 Å². The van der Waals surface area contributed by atoms with E-state index in [9.17, 15) is 4.79 Å². The minimum absolute atomic E-state index is 0.0940. The van der Waals surface area contributed by atoms with E-state index in [0.29, 0.717) is 11.6 Å². The van der Waals surface area contributed by atoms with E-state index in [2.05, 4.69) is 22.1 Å². The fourth-order valence-electron chi connectivity index (χ4n) is 0.795. The van der Waals surface area contributed by atoms with Crippen LogP contribution in [0.3, 0.4) is 0 Å². The normalized spacial score (nSPS) is 8.71. The first-order valence-corrected chi connectivity index (χ1v) is 4.40. The maximum atomic E-state index is 10.5. The van der Waals surface area contributed by atoms with E-state index in [4.69, 9.17) is 11.6 Å². The lowest BCUT2D eigenvalue weighted by atomic mass is 10.3. The molecule has 0 saturated heterocycles. The molecule has 3 nitrogen and oxygen atoms in total. The lowest BCUT2D eigenvalue weighted by Gasteiger charge is -1.92. The van der Waals surface area contributed by atoms with E-state index in [1.165, 1.54) is 6.92 Å². The molecule has 0 aliphatic carbocycles. The largest absolute Gasteiger partial charge is 0.345 e. The highest BCUT2D eigenvalue weighted by atomic mass is 35.5. The van der Waals surface area contributed by atoms with Crippen molar-refractivity contribution in [1.29, 1.82) is 0 Å². The van der Waals surface area contributed by atoms with E-state index in [1.54, 1.807) is 18.5 Å². The minimum Gasteiger partial charge on any atom is -0.345 e. The molecule has 14 heavy (non-hydrogen) atoms. The third kappa shape index (κ3) is 3.92. The standard InChI is InChI=1S/C10H9ClN2O/c1-8(14)13-4-2-3-9-5-10(11)7-12-6-9/h5-7H,4H2,1H3,(H,13,14). The second-order valence-corrected chi connectivity index (χ2v) is 3.04. The van der Waals surface area contributed by atoms with Crippen molar-refractivity contribution in [2.24, 2.45) is 0 Å². The summed E-state index contributed by atoms with van der Waals surface area (Å²) in [5.41, 5.74) is 0.739. The van der Waals surface area contributed by atoms with Gasteiger partial charge in [-0.15, -0.1) is 0 Å². The Morgan fingerprint density at radius 1 is 1.64 bits per heavy atom. The summed E-state index contributed by atoms with van der Waals surface area (Å²) in [6, 6.07) is 1.72. The molecule has 0 bridgehead atoms. The van der Waals surface area contributed by atoms with E-state index < -0.39 is 0 Å². The molecule has 0 fully saturated rings. The molecule has 0 aliphatic rings. The Morgan fingerprint density at radius 3 is 3.07 bits per heavy atom. The predicted molar refractivity (Wildman–Crippen MR) is 54.8 cm³/mol. The van der Waals surface area contributed by atoms with Crippen molar-refractivity contribution in [3.63, 3.8) is 0 Å². The molecule has 1 aromatic rings. The SMILES string of the molecule is CC(=O)NCC#Cc1cncc(Cl)c1. The Labute approximate surface area is 87.5 Å². The van der Waals surface area contributed by atoms with E-state index in [1.807, 2.05) is 0 Å². The zero-order valence-electron chi connectivity index (χ0n) is 7.67. The lowest BCUT2D eigenvalue weighted by molar-refractivity contribution is -0.118. The number of nitrogens with zero attached hydrogens (tertiary/aromatic N) is 1. The summed E-state index contributed by atoms with van der Waals surface area (Å²) in [6.45, 7) is 1.78. The number of halogens is 1. The molecule has 1 amide bonds. The molecule has 1 rings (SSSR count). The number of pyridine rings is 1. The highest BCUT2D eigenvalue weighted by molar-refractivity contribution is 6.30. The maximum Gasteiger partial charge on any atom is 0.217 e. The number of carbonyl (C=O) groups is 1. The first-order chi connectivity index (χ1) is 6.68. The molecule has 0 unspecified atom stereocenters. The van der Waals surface area contributed by atoms with Crippen LogP contribution in [0.1, 0.15) is 12.5 Å². The fraction of sp³-hybridized carbons (Fsp3) is 0.200. The zero-order chi connectivity index (χ0) is 10.4. The van der Waals surface area contributed by atoms with E-state index in [0.717, 1.165) is 5.56 Å². The molecule has 1 heterocycles. The second kappa shape index (κ2) is 5.25. The molecule has 72 valence electrons. The Morgan fingerprint density at radius 2 is 2.43 bits per heavy atom. The van der Waals surface area contributed by atoms with Crippen LogP contribution >= 0.6 is 11.6 Å². The van der Waals surface area contributed by atoms with Gasteiger partial charge in [0.15, 0.2) is 0 Å². The Kier molecular flexibility index (Phi) is 3.96. The van der Waals surface area contributed by atoms with Crippen LogP contribution in [-0.4, -0.2) is 17.4 Å². The number of rotatable bonds is 1. The molecule has 1 N–H and O–H groups in total. The quantitative estimate of drug-likeness (QED) is 0.706. The number of aromatic nitrogens is 1. The third-order valence-electron chi connectivity index (χ3n) is 1.36. The fourth-order valence-corrected chi connectivity index (χ4v) is 0.969. The molecule has 1 aromatic heterocycles. The van der Waals surface area contributed by atoms with Crippen molar-refractivity contribution in [3.05, 3.63) is 29.0 Å². The summed E-state index contributed by atoms with van der Waals surface area (Å²) in [5, 5.41) is 3.12. The molecule has 0 saturated carbocycles. The molecular weight excluding hydrogens is 200 g/mol. The number of carbonyl (C=O) groups excluding carboxylic acids is 1. The van der Waals surface area contributed by atoms with Gasteiger partial charge in [-0.1, -0.05) is 23.4 Å². The van der Waals surface area contributed by atoms with Crippen LogP contribution in [0.15, 0.2) is 18.5 Å². The van der Waals surface area contributed by atoms with Crippen molar-refractivity contribution in [2.75, 3.05) is 6.54 Å². The number of hydrogen-bond donors (Lipinski definition) is 1. The average Bonchev–Trinajstić information content (AvgIpc) is 2.12. The highest BCUT2D eigenvalue weighted by Gasteiger charge is 1.89. The van der Waals surface area contributed by atoms with Crippen molar-refractivity contribution in [3.8, 4) is 11.8 Å². The lowest BCUT2D eigenvalue weighted by Crippen LogP contribution is -2.19. The van der Waals surface area contributed by atoms with Crippen LogP contribution in [-0.2, 0) is 4.79 Å². The van der Waals surface area contributed by atoms with E-state index >= 15 is 0 Å². The Bertz CT molecular complexity index is 393. The van der Waals surface area contributed by atoms with Gasteiger partial charge in [0, 0.05) is 24.9 Å². The topological polar surface area (TPSA) is 42.0 Å². The van der Waals surface area contributed by atoms with Gasteiger partial charge < -0.3 is 5.32 Å². The summed E-state index contributed by atoms with van der Waals surface area (Å²) < 4.78 is 0. The molecule has 0 radical (unpaired) electrons. The molecule has 0 spiro atoms. The van der Waals surface area contributed by atoms with Crippen molar-refractivity contribution in [2.45, 2.75) is 6.92 Å². The molecule has 4 heteroatoms. The Hall–Kier alpha value is -1.53. The second-order valence-electron chi connectivity index (χ2n) is 2.60. The maximum absolute atomic E-state index is 10.5. The van der Waals surface area contributed by atoms with Crippen molar-refractivity contribution in [1.82, 2.24) is 10.3 Å². The Balaban J connectivity index is 2.55. The van der Waals surface area contributed by atoms with E-state index in [-0.39, 0.29) is 5.91 Å². The zero-order valence-corrected chi connectivity index (χ0v) is 8.43. The highest BCUT2D eigenvalue weighted by Crippen LogP contribution is 2.06. The van der Waals surface area contributed by atoms with Crippen LogP contribution in [0.4, 0.5) is 0 Å². The van der Waals surface area contributed by atoms with Crippen LogP contribution in [0.2, 0.25) is 5.02 Å². The monoisotopic (exact) mass is 208 g/mol. The average molecular weight is 209 g/mol. The van der Waals surface area contributed by atoms with Gasteiger partial charge in [0.2, 0.25) is 5.91 Å². The van der Waals surface area contributed by atoms with Crippen LogP contribution in [0.25, 0.3) is 0 Å². The number of nitrogens with one attached hydrogen (secondary N) is 1. The van der Waals surface area contributed by atoms with Gasteiger partial charge in [0.05, 0.1) is 11.6 Å². The van der Waals surface area contributed by atoms with Gasteiger partial charge in [-0.05, 0) is 6.07 Å². The molecule has 0 aromatic carbocycles. The van der Waals surface area contributed by atoms with Crippen LogP contribution in [0, 0.1) is 11.8 Å². The summed E-state index contributed by atoms with van der Waals surface area (Å²) in [5.74, 6) is 5.51. The first-order valence-electron chi connectivity index (χ1n) is 4.02. The van der Waals surface area contributed by atoms with Gasteiger partial charge in [-0.25, -0.2) is 0 Å². The van der Waals surface area contributed by atoms with Gasteiger partial charge in [0.25, 0.3) is 0 Å². The minimum atomic E-state index is -0.0940. The van der Waals surface area contributed by atoms with Gasteiger partial charge >= 0.3 is 0 Å². The van der Waals surface area contributed by atoms with Gasteiger partial charge in [0.1, 0.15) is 0 Å². The summed E-state index contributed by atoms with van der Waals surface area (Å²) >= 11 is 5.71. The molecular formula is C10H9ClN2O. The van der Waals surface area contributed by atoms with Crippen LogP contribution in [0.5, 0.6) is 0 Å². The number of amides is 1. The smallest absolute Gasteiger partial charge is 0.217 e. The van der Waals surface area contributed by atoms with Crippen molar-refractivity contribution >= 4 is 17.5 Å². The summed E-state index contributed by atoms with van der Waals surface area (Å²) in [6.07, 6.45) is 3.16. The first kappa shape index (κ1) is 10.6. The van der Waals surface area contributed by atoms with Gasteiger partial charge in [-0.3, -0.25) is 9.78 Å². The molecule has 0 atom stereocenters. The van der Waals surface area contributed by atoms with Gasteiger partial charge in [-0.2, -0.15) is 0 Å². The summed E-state index contributed by atoms with van der Waals surface area (Å²) in [4.78, 5) is 14.4. The third-order valence-corrected chi connectivity index (χ3v) is 1.57.